The van der Waals surface area contributed by atoms with Gasteiger partial charge in [-0.05, 0) is 24.5 Å². The molecule has 1 aromatic rings. The monoisotopic (exact) mass is 332 g/mol. The van der Waals surface area contributed by atoms with Crippen molar-refractivity contribution in [2.45, 2.75) is 37.8 Å². The van der Waals surface area contributed by atoms with Crippen molar-refractivity contribution in [1.82, 2.24) is 20.5 Å². The number of urea groups is 1. The van der Waals surface area contributed by atoms with Crippen LogP contribution in [0.15, 0.2) is 18.3 Å². The molecule has 0 radical (unpaired) electrons. The van der Waals surface area contributed by atoms with Crippen LogP contribution in [0.1, 0.15) is 31.2 Å². The lowest BCUT2D eigenvalue weighted by Gasteiger charge is -2.19. The fraction of sp³-hybridized carbons (Fsp3) is 0.500. The van der Waals surface area contributed by atoms with Crippen LogP contribution >= 0.6 is 0 Å². The van der Waals surface area contributed by atoms with Crippen molar-refractivity contribution < 1.29 is 19.1 Å². The molecule has 24 heavy (non-hydrogen) atoms. The summed E-state index contributed by atoms with van der Waals surface area (Å²) in [6.45, 7) is 0.00113. The van der Waals surface area contributed by atoms with Crippen molar-refractivity contribution in [2.75, 3.05) is 13.7 Å². The molecule has 1 aliphatic heterocycles. The number of imide groups is 1. The lowest BCUT2D eigenvalue weighted by molar-refractivity contribution is -0.134. The second-order valence-electron chi connectivity index (χ2n) is 6.09. The van der Waals surface area contributed by atoms with Gasteiger partial charge in [0.25, 0.3) is 5.91 Å². The van der Waals surface area contributed by atoms with Gasteiger partial charge in [0.05, 0.1) is 7.11 Å². The molecule has 128 valence electrons. The van der Waals surface area contributed by atoms with E-state index >= 15 is 0 Å². The molecule has 0 bridgehead atoms. The van der Waals surface area contributed by atoms with Crippen LogP contribution in [0.3, 0.4) is 0 Å². The van der Waals surface area contributed by atoms with E-state index in [1.807, 2.05) is 0 Å². The maximum absolute atomic E-state index is 12.5. The molecule has 8 nitrogen and oxygen atoms in total. The van der Waals surface area contributed by atoms with Crippen molar-refractivity contribution in [2.24, 2.45) is 0 Å². The molecule has 2 aliphatic rings. The highest BCUT2D eigenvalue weighted by molar-refractivity contribution is 6.09. The molecular formula is C16H20N4O4. The van der Waals surface area contributed by atoms with E-state index in [4.69, 9.17) is 4.74 Å². The van der Waals surface area contributed by atoms with E-state index < -0.39 is 11.6 Å². The molecule has 2 heterocycles. The Morgan fingerprint density at radius 2 is 2.17 bits per heavy atom. The minimum atomic E-state index is -0.782. The highest BCUT2D eigenvalue weighted by Crippen LogP contribution is 2.34. The number of hydrogen-bond acceptors (Lipinski definition) is 5. The number of hydrogen-bond donors (Lipinski definition) is 2. The largest absolute Gasteiger partial charge is 0.481 e. The van der Waals surface area contributed by atoms with Gasteiger partial charge in [-0.15, -0.1) is 0 Å². The number of carbonyl (C=O) groups is 3. The van der Waals surface area contributed by atoms with Crippen LogP contribution in [0.25, 0.3) is 0 Å². The molecule has 2 fully saturated rings. The highest BCUT2D eigenvalue weighted by Gasteiger charge is 2.52. The summed E-state index contributed by atoms with van der Waals surface area (Å²) in [7, 11) is 1.52. The van der Waals surface area contributed by atoms with E-state index in [1.54, 1.807) is 18.3 Å². The van der Waals surface area contributed by atoms with Crippen LogP contribution in [0, 0.1) is 0 Å². The smallest absolute Gasteiger partial charge is 0.325 e. The average Bonchev–Trinajstić information content (AvgIpc) is 3.14. The standard InChI is InChI=1S/C16H20N4O4/c1-24-13-8-11(4-7-17-13)9-18-12(21)10-20-14(22)16(19-15(20)23)5-2-3-6-16/h4,7-8H,2-3,5-6,9-10H2,1H3,(H,18,21)(H,19,23). The number of nitrogens with zero attached hydrogens (tertiary/aromatic N) is 2. The van der Waals surface area contributed by atoms with E-state index in [0.29, 0.717) is 18.7 Å². The Balaban J connectivity index is 1.56. The van der Waals surface area contributed by atoms with Gasteiger partial charge < -0.3 is 15.4 Å². The van der Waals surface area contributed by atoms with Crippen LogP contribution < -0.4 is 15.4 Å². The topological polar surface area (TPSA) is 101 Å². The molecule has 2 N–H and O–H groups in total. The van der Waals surface area contributed by atoms with Gasteiger partial charge in [0, 0.05) is 18.8 Å². The van der Waals surface area contributed by atoms with Crippen molar-refractivity contribution >= 4 is 17.8 Å². The number of amides is 4. The molecule has 8 heteroatoms. The van der Waals surface area contributed by atoms with Gasteiger partial charge in [0.2, 0.25) is 11.8 Å². The van der Waals surface area contributed by atoms with Crippen molar-refractivity contribution in [1.29, 1.82) is 0 Å². The Morgan fingerprint density at radius 3 is 2.88 bits per heavy atom. The second kappa shape index (κ2) is 6.46. The molecule has 0 atom stereocenters. The fourth-order valence-corrected chi connectivity index (χ4v) is 3.21. The predicted molar refractivity (Wildman–Crippen MR) is 84.1 cm³/mol. The zero-order valence-corrected chi connectivity index (χ0v) is 13.5. The Morgan fingerprint density at radius 1 is 1.42 bits per heavy atom. The molecule has 1 saturated heterocycles. The first-order valence-corrected chi connectivity index (χ1v) is 7.94. The van der Waals surface area contributed by atoms with Crippen molar-refractivity contribution in [3.8, 4) is 5.88 Å². The Bertz CT molecular complexity index is 670. The van der Waals surface area contributed by atoms with Crippen LogP contribution in [-0.2, 0) is 16.1 Å². The summed E-state index contributed by atoms with van der Waals surface area (Å²) < 4.78 is 5.02. The summed E-state index contributed by atoms with van der Waals surface area (Å²) in [5, 5.41) is 5.46. The summed E-state index contributed by atoms with van der Waals surface area (Å²) in [6.07, 6.45) is 4.70. The Kier molecular flexibility index (Phi) is 4.37. The first-order chi connectivity index (χ1) is 11.5. The number of carbonyl (C=O) groups excluding carboxylic acids is 3. The van der Waals surface area contributed by atoms with Crippen molar-refractivity contribution in [3.63, 3.8) is 0 Å². The summed E-state index contributed by atoms with van der Waals surface area (Å²) in [4.78, 5) is 41.6. The van der Waals surface area contributed by atoms with E-state index in [0.717, 1.165) is 23.3 Å². The van der Waals surface area contributed by atoms with Crippen LogP contribution in [-0.4, -0.2) is 46.9 Å². The maximum Gasteiger partial charge on any atom is 0.325 e. The van der Waals surface area contributed by atoms with E-state index in [9.17, 15) is 14.4 Å². The third-order valence-electron chi connectivity index (χ3n) is 4.50. The lowest BCUT2D eigenvalue weighted by atomic mass is 9.98. The quantitative estimate of drug-likeness (QED) is 0.768. The number of methoxy groups -OCH3 is 1. The van der Waals surface area contributed by atoms with E-state index in [2.05, 4.69) is 15.6 Å². The molecule has 3 rings (SSSR count). The summed E-state index contributed by atoms with van der Waals surface area (Å²) >= 11 is 0. The summed E-state index contributed by atoms with van der Waals surface area (Å²) in [5.41, 5.74) is 0.0372. The first kappa shape index (κ1) is 16.2. The molecule has 0 aromatic carbocycles. The van der Waals surface area contributed by atoms with Gasteiger partial charge >= 0.3 is 6.03 Å². The van der Waals surface area contributed by atoms with Gasteiger partial charge in [0.15, 0.2) is 0 Å². The SMILES string of the molecule is COc1cc(CNC(=O)CN2C(=O)NC3(CCCC3)C2=O)ccn1. The minimum absolute atomic E-state index is 0.269. The molecule has 4 amide bonds. The number of pyridine rings is 1. The molecule has 1 saturated carbocycles. The zero-order valence-electron chi connectivity index (χ0n) is 13.5. The van der Waals surface area contributed by atoms with Gasteiger partial charge in [-0.2, -0.15) is 0 Å². The number of aromatic nitrogens is 1. The fourth-order valence-electron chi connectivity index (χ4n) is 3.21. The first-order valence-electron chi connectivity index (χ1n) is 7.94. The second-order valence-corrected chi connectivity index (χ2v) is 6.09. The van der Waals surface area contributed by atoms with Gasteiger partial charge in [0.1, 0.15) is 12.1 Å². The molecular weight excluding hydrogens is 312 g/mol. The van der Waals surface area contributed by atoms with Crippen LogP contribution in [0.2, 0.25) is 0 Å². The van der Waals surface area contributed by atoms with Gasteiger partial charge in [-0.25, -0.2) is 9.78 Å². The minimum Gasteiger partial charge on any atom is -0.481 e. The summed E-state index contributed by atoms with van der Waals surface area (Å²) in [5.74, 6) is -0.214. The molecule has 1 aliphatic carbocycles. The van der Waals surface area contributed by atoms with Crippen LogP contribution in [0.5, 0.6) is 5.88 Å². The molecule has 1 aromatic heterocycles. The summed E-state index contributed by atoms with van der Waals surface area (Å²) in [6, 6.07) is 2.98. The predicted octanol–water partition coefficient (Wildman–Crippen LogP) is 0.571. The highest BCUT2D eigenvalue weighted by atomic mass is 16.5. The van der Waals surface area contributed by atoms with Gasteiger partial charge in [-0.1, -0.05) is 12.8 Å². The molecule has 1 spiro atoms. The Labute approximate surface area is 139 Å². The third kappa shape index (κ3) is 3.04. The average molecular weight is 332 g/mol. The number of nitrogens with one attached hydrogen (secondary N) is 2. The van der Waals surface area contributed by atoms with Crippen molar-refractivity contribution in [3.05, 3.63) is 23.9 Å². The zero-order chi connectivity index (χ0) is 17.2. The number of rotatable bonds is 5. The van der Waals surface area contributed by atoms with E-state index in [1.165, 1.54) is 7.11 Å². The van der Waals surface area contributed by atoms with Gasteiger partial charge in [-0.3, -0.25) is 14.5 Å². The molecule has 0 unspecified atom stereocenters. The normalized spacial score (nSPS) is 18.8. The third-order valence-corrected chi connectivity index (χ3v) is 4.50. The van der Waals surface area contributed by atoms with Crippen LogP contribution in [0.4, 0.5) is 4.79 Å². The maximum atomic E-state index is 12.5. The Hall–Kier alpha value is -2.64. The number of ether oxygens (including phenoxy) is 1. The van der Waals surface area contributed by atoms with E-state index in [-0.39, 0.29) is 24.9 Å². The lowest BCUT2D eigenvalue weighted by Crippen LogP contribution is -2.45.